The third-order valence-electron chi connectivity index (χ3n) is 5.49. The number of rotatable bonds is 7. The molecule has 158 valence electrons. The van der Waals surface area contributed by atoms with Crippen molar-refractivity contribution in [3.63, 3.8) is 0 Å². The minimum absolute atomic E-state index is 0. The maximum atomic E-state index is 5.45. The number of nitrogens with zero attached hydrogens (tertiary/aromatic N) is 3. The number of hydrogen-bond donors (Lipinski definition) is 1. The van der Waals surface area contributed by atoms with Gasteiger partial charge in [0.25, 0.3) is 0 Å². The van der Waals surface area contributed by atoms with Crippen molar-refractivity contribution < 1.29 is 4.74 Å². The first-order chi connectivity index (χ1) is 13.3. The first-order valence-corrected chi connectivity index (χ1v) is 9.86. The van der Waals surface area contributed by atoms with E-state index in [0.717, 1.165) is 44.2 Å². The van der Waals surface area contributed by atoms with Gasteiger partial charge in [0, 0.05) is 49.5 Å². The molecule has 0 atom stereocenters. The average molecular weight is 437 g/mol. The van der Waals surface area contributed by atoms with E-state index in [1.54, 1.807) is 7.11 Å². The summed E-state index contributed by atoms with van der Waals surface area (Å²) in [4.78, 5) is 12.8. The highest BCUT2D eigenvalue weighted by Crippen LogP contribution is 2.25. The van der Waals surface area contributed by atoms with Gasteiger partial charge >= 0.3 is 0 Å². The van der Waals surface area contributed by atoms with Crippen LogP contribution in [0.1, 0.15) is 18.4 Å². The zero-order valence-corrected chi connectivity index (χ0v) is 18.5. The quantitative estimate of drug-likeness (QED) is 0.551. The number of aromatic amines is 1. The highest BCUT2D eigenvalue weighted by atomic mass is 35.5. The summed E-state index contributed by atoms with van der Waals surface area (Å²) in [5, 5.41) is 1.37. The second kappa shape index (κ2) is 11.3. The van der Waals surface area contributed by atoms with E-state index in [9.17, 15) is 0 Å². The topological polar surface area (TPSA) is 44.4 Å². The molecule has 0 spiro atoms. The SMILES string of the molecule is COc1cccnc1N1CCN(CCCCc2c[nH]c3ccccc23)CC1.Cl.Cl. The number of aryl methyl sites for hydroxylation is 1. The average Bonchev–Trinajstić information content (AvgIpc) is 3.15. The van der Waals surface area contributed by atoms with Crippen molar-refractivity contribution >= 4 is 41.5 Å². The second-order valence-electron chi connectivity index (χ2n) is 7.17. The number of H-pyrrole nitrogens is 1. The molecule has 4 rings (SSSR count). The molecule has 1 aliphatic rings. The molecular weight excluding hydrogens is 407 g/mol. The number of pyridine rings is 1. The van der Waals surface area contributed by atoms with Crippen LogP contribution in [-0.2, 0) is 6.42 Å². The summed E-state index contributed by atoms with van der Waals surface area (Å²) in [6, 6.07) is 12.5. The van der Waals surface area contributed by atoms with Crippen molar-refractivity contribution in [1.29, 1.82) is 0 Å². The number of aromatic nitrogens is 2. The molecule has 1 saturated heterocycles. The number of anilines is 1. The summed E-state index contributed by atoms with van der Waals surface area (Å²) in [6.45, 7) is 5.38. The zero-order valence-electron chi connectivity index (χ0n) is 16.8. The van der Waals surface area contributed by atoms with Crippen molar-refractivity contribution in [2.45, 2.75) is 19.3 Å². The molecule has 0 amide bonds. The lowest BCUT2D eigenvalue weighted by Gasteiger charge is -2.35. The number of fused-ring (bicyclic) bond motifs is 1. The lowest BCUT2D eigenvalue weighted by molar-refractivity contribution is 0.251. The maximum absolute atomic E-state index is 5.45. The van der Waals surface area contributed by atoms with Gasteiger partial charge in [-0.25, -0.2) is 4.98 Å². The molecular formula is C22H30Cl2N4O. The minimum atomic E-state index is 0. The Bertz CT molecular complexity index is 878. The van der Waals surface area contributed by atoms with Crippen LogP contribution in [0.2, 0.25) is 0 Å². The second-order valence-corrected chi connectivity index (χ2v) is 7.17. The van der Waals surface area contributed by atoms with Crippen molar-refractivity contribution in [3.8, 4) is 5.75 Å². The number of unbranched alkanes of at least 4 members (excludes halogenated alkanes) is 1. The number of hydrogen-bond acceptors (Lipinski definition) is 4. The Labute approximate surface area is 185 Å². The summed E-state index contributed by atoms with van der Waals surface area (Å²) in [6.07, 6.45) is 7.64. The Kier molecular flexibility index (Phi) is 9.08. The molecule has 0 aliphatic carbocycles. The number of benzene rings is 1. The molecule has 3 heterocycles. The molecule has 0 radical (unpaired) electrons. The van der Waals surface area contributed by atoms with Crippen LogP contribution in [0, 0.1) is 0 Å². The third-order valence-corrected chi connectivity index (χ3v) is 5.49. The number of methoxy groups -OCH3 is 1. The Morgan fingerprint density at radius 2 is 1.79 bits per heavy atom. The first kappa shape index (κ1) is 23.3. The van der Waals surface area contributed by atoms with Gasteiger partial charge in [0.2, 0.25) is 0 Å². The molecule has 0 bridgehead atoms. The van der Waals surface area contributed by atoms with E-state index in [0.29, 0.717) is 0 Å². The van der Waals surface area contributed by atoms with Gasteiger partial charge < -0.3 is 14.6 Å². The van der Waals surface area contributed by atoms with Gasteiger partial charge in [-0.15, -0.1) is 24.8 Å². The fraction of sp³-hybridized carbons (Fsp3) is 0.409. The molecule has 1 aliphatic heterocycles. The largest absolute Gasteiger partial charge is 0.493 e. The molecule has 29 heavy (non-hydrogen) atoms. The Morgan fingerprint density at radius 3 is 2.59 bits per heavy atom. The van der Waals surface area contributed by atoms with Gasteiger partial charge in [-0.3, -0.25) is 4.90 Å². The summed E-state index contributed by atoms with van der Waals surface area (Å²) in [5.74, 6) is 1.84. The highest BCUT2D eigenvalue weighted by Gasteiger charge is 2.20. The molecule has 0 unspecified atom stereocenters. The van der Waals surface area contributed by atoms with Crippen molar-refractivity contribution in [1.82, 2.24) is 14.9 Å². The number of ether oxygens (including phenoxy) is 1. The predicted molar refractivity (Wildman–Crippen MR) is 125 cm³/mol. The van der Waals surface area contributed by atoms with Crippen LogP contribution in [0.25, 0.3) is 10.9 Å². The standard InChI is InChI=1S/C22H28N4O.2ClH/c1-27-21-10-6-11-23-22(21)26-15-13-25(14-16-26)12-5-4-7-18-17-24-20-9-3-2-8-19(18)20;;/h2-3,6,8-11,17,24H,4-5,7,12-16H2,1H3;2*1H. The fourth-order valence-electron chi connectivity index (χ4n) is 3.95. The van der Waals surface area contributed by atoms with E-state index in [2.05, 4.69) is 50.2 Å². The summed E-state index contributed by atoms with van der Waals surface area (Å²) in [5.41, 5.74) is 2.69. The smallest absolute Gasteiger partial charge is 0.171 e. The Balaban J connectivity index is 0.00000150. The van der Waals surface area contributed by atoms with Gasteiger partial charge in [-0.05, 0) is 49.6 Å². The van der Waals surface area contributed by atoms with Crippen LogP contribution < -0.4 is 9.64 Å². The summed E-state index contributed by atoms with van der Waals surface area (Å²) >= 11 is 0. The highest BCUT2D eigenvalue weighted by molar-refractivity contribution is 5.85. The summed E-state index contributed by atoms with van der Waals surface area (Å²) in [7, 11) is 1.71. The van der Waals surface area contributed by atoms with Gasteiger partial charge in [0.1, 0.15) is 0 Å². The van der Waals surface area contributed by atoms with Crippen LogP contribution in [0.15, 0.2) is 48.8 Å². The molecule has 5 nitrogen and oxygen atoms in total. The van der Waals surface area contributed by atoms with Crippen LogP contribution >= 0.6 is 24.8 Å². The van der Waals surface area contributed by atoms with Crippen LogP contribution in [0.3, 0.4) is 0 Å². The maximum Gasteiger partial charge on any atom is 0.171 e. The zero-order chi connectivity index (χ0) is 18.5. The van der Waals surface area contributed by atoms with Crippen molar-refractivity contribution in [2.24, 2.45) is 0 Å². The first-order valence-electron chi connectivity index (χ1n) is 9.86. The lowest BCUT2D eigenvalue weighted by atomic mass is 10.1. The van der Waals surface area contributed by atoms with Crippen LogP contribution in [0.5, 0.6) is 5.75 Å². The molecule has 2 aromatic heterocycles. The Morgan fingerprint density at radius 1 is 1.00 bits per heavy atom. The molecule has 1 aromatic carbocycles. The van der Waals surface area contributed by atoms with E-state index in [-0.39, 0.29) is 24.8 Å². The van der Waals surface area contributed by atoms with E-state index in [1.807, 2.05) is 18.3 Å². The summed E-state index contributed by atoms with van der Waals surface area (Å²) < 4.78 is 5.45. The molecule has 7 heteroatoms. The van der Waals surface area contributed by atoms with Crippen LogP contribution in [0.4, 0.5) is 5.82 Å². The van der Waals surface area contributed by atoms with Crippen LogP contribution in [-0.4, -0.2) is 54.7 Å². The molecule has 1 fully saturated rings. The van der Waals surface area contributed by atoms with Gasteiger partial charge in [0.15, 0.2) is 11.6 Å². The van der Waals surface area contributed by atoms with E-state index < -0.39 is 0 Å². The molecule has 3 aromatic rings. The van der Waals surface area contributed by atoms with Crippen molar-refractivity contribution in [2.75, 3.05) is 44.7 Å². The van der Waals surface area contributed by atoms with E-state index >= 15 is 0 Å². The van der Waals surface area contributed by atoms with Gasteiger partial charge in [-0.1, -0.05) is 18.2 Å². The third kappa shape index (κ3) is 5.56. The number of nitrogens with one attached hydrogen (secondary N) is 1. The van der Waals surface area contributed by atoms with Gasteiger partial charge in [-0.2, -0.15) is 0 Å². The van der Waals surface area contributed by atoms with E-state index in [4.69, 9.17) is 4.74 Å². The predicted octanol–water partition coefficient (Wildman–Crippen LogP) is 4.56. The number of piperazine rings is 1. The normalized spacial score (nSPS) is 14.3. The lowest BCUT2D eigenvalue weighted by Crippen LogP contribution is -2.47. The van der Waals surface area contributed by atoms with E-state index in [1.165, 1.54) is 35.9 Å². The number of halogens is 2. The number of para-hydroxylation sites is 1. The Hall–Kier alpha value is -1.95. The monoisotopic (exact) mass is 436 g/mol. The minimum Gasteiger partial charge on any atom is -0.493 e. The van der Waals surface area contributed by atoms with Crippen molar-refractivity contribution in [3.05, 3.63) is 54.4 Å². The van der Waals surface area contributed by atoms with Gasteiger partial charge in [0.05, 0.1) is 7.11 Å². The molecule has 0 saturated carbocycles. The molecule has 1 N–H and O–H groups in total. The fourth-order valence-corrected chi connectivity index (χ4v) is 3.95.